The zero-order valence-electron chi connectivity index (χ0n) is 14.9. The van der Waals surface area contributed by atoms with Crippen LogP contribution in [0, 0.1) is 0 Å². The number of hydrogen-bond acceptors (Lipinski definition) is 4. The third-order valence-electron chi connectivity index (χ3n) is 4.47. The molecule has 0 amide bonds. The van der Waals surface area contributed by atoms with Gasteiger partial charge >= 0.3 is 5.69 Å². The van der Waals surface area contributed by atoms with Crippen molar-refractivity contribution in [3.63, 3.8) is 0 Å². The number of pyridine rings is 1. The number of aromatic nitrogens is 5. The SMILES string of the molecule is CCCn1cnc2c1c(=O)n(Cc1ccncc1)c(=O)n2-c1ccccc1. The lowest BCUT2D eigenvalue weighted by Crippen LogP contribution is -2.40. The van der Waals surface area contributed by atoms with Crippen LogP contribution in [0.2, 0.25) is 0 Å². The molecule has 27 heavy (non-hydrogen) atoms. The van der Waals surface area contributed by atoms with E-state index in [9.17, 15) is 9.59 Å². The summed E-state index contributed by atoms with van der Waals surface area (Å²) in [6.45, 7) is 2.88. The fourth-order valence-electron chi connectivity index (χ4n) is 3.21. The summed E-state index contributed by atoms with van der Waals surface area (Å²) in [4.78, 5) is 34.8. The molecule has 136 valence electrons. The molecule has 4 aromatic rings. The van der Waals surface area contributed by atoms with Gasteiger partial charge in [0.2, 0.25) is 0 Å². The summed E-state index contributed by atoms with van der Waals surface area (Å²) in [5, 5.41) is 0. The van der Waals surface area contributed by atoms with Gasteiger partial charge in [-0.25, -0.2) is 14.3 Å². The standard InChI is InChI=1S/C20H19N5O2/c1-2-12-23-14-22-18-17(23)19(26)24(13-15-8-10-21-11-9-15)20(27)25(18)16-6-4-3-5-7-16/h3-11,14H,2,12-13H2,1H3. The molecule has 7 nitrogen and oxygen atoms in total. The largest absolute Gasteiger partial charge is 0.337 e. The molecule has 3 heterocycles. The lowest BCUT2D eigenvalue weighted by Gasteiger charge is -2.12. The van der Waals surface area contributed by atoms with Crippen molar-refractivity contribution < 1.29 is 0 Å². The molecular weight excluding hydrogens is 342 g/mol. The van der Waals surface area contributed by atoms with Crippen molar-refractivity contribution in [3.8, 4) is 5.69 Å². The maximum atomic E-state index is 13.2. The average Bonchev–Trinajstić information content (AvgIpc) is 3.11. The van der Waals surface area contributed by atoms with Crippen LogP contribution in [-0.4, -0.2) is 23.7 Å². The number of fused-ring (bicyclic) bond motifs is 1. The summed E-state index contributed by atoms with van der Waals surface area (Å²) >= 11 is 0. The number of rotatable bonds is 5. The lowest BCUT2D eigenvalue weighted by atomic mass is 10.2. The van der Waals surface area contributed by atoms with Crippen LogP contribution in [0.25, 0.3) is 16.9 Å². The first kappa shape index (κ1) is 17.0. The molecule has 0 unspecified atom stereocenters. The Morgan fingerprint density at radius 1 is 1.00 bits per heavy atom. The fraction of sp³-hybridized carbons (Fsp3) is 0.200. The highest BCUT2D eigenvalue weighted by molar-refractivity contribution is 5.72. The van der Waals surface area contributed by atoms with Crippen molar-refractivity contribution in [2.75, 3.05) is 0 Å². The predicted molar refractivity (Wildman–Crippen MR) is 103 cm³/mol. The van der Waals surface area contributed by atoms with Gasteiger partial charge in [0.05, 0.1) is 18.6 Å². The molecule has 3 aromatic heterocycles. The van der Waals surface area contributed by atoms with E-state index in [0.717, 1.165) is 12.0 Å². The van der Waals surface area contributed by atoms with E-state index in [1.54, 1.807) is 30.9 Å². The summed E-state index contributed by atoms with van der Waals surface area (Å²) in [5.74, 6) is 0. The minimum atomic E-state index is -0.405. The summed E-state index contributed by atoms with van der Waals surface area (Å²) in [5.41, 5.74) is 1.61. The molecule has 0 aliphatic carbocycles. The molecule has 0 aliphatic rings. The van der Waals surface area contributed by atoms with Crippen LogP contribution in [-0.2, 0) is 13.1 Å². The van der Waals surface area contributed by atoms with Gasteiger partial charge in [-0.05, 0) is 36.2 Å². The highest BCUT2D eigenvalue weighted by atomic mass is 16.2. The average molecular weight is 361 g/mol. The first-order valence-electron chi connectivity index (χ1n) is 8.85. The van der Waals surface area contributed by atoms with Gasteiger partial charge in [-0.1, -0.05) is 25.1 Å². The Kier molecular flexibility index (Phi) is 4.42. The third-order valence-corrected chi connectivity index (χ3v) is 4.47. The van der Waals surface area contributed by atoms with Crippen molar-refractivity contribution in [1.29, 1.82) is 0 Å². The number of aryl methyl sites for hydroxylation is 1. The molecular formula is C20H19N5O2. The second kappa shape index (κ2) is 7.03. The molecule has 0 aliphatic heterocycles. The van der Waals surface area contributed by atoms with Gasteiger partial charge in [-0.15, -0.1) is 0 Å². The number of hydrogen-bond donors (Lipinski definition) is 0. The van der Waals surface area contributed by atoms with Crippen LogP contribution >= 0.6 is 0 Å². The Morgan fingerprint density at radius 2 is 1.74 bits per heavy atom. The second-order valence-corrected chi connectivity index (χ2v) is 6.31. The van der Waals surface area contributed by atoms with Crippen molar-refractivity contribution in [3.05, 3.63) is 87.6 Å². The number of para-hydroxylation sites is 1. The Hall–Kier alpha value is -3.48. The van der Waals surface area contributed by atoms with E-state index in [1.807, 2.05) is 41.8 Å². The summed E-state index contributed by atoms with van der Waals surface area (Å²) in [6.07, 6.45) is 5.79. The molecule has 0 spiro atoms. The predicted octanol–water partition coefficient (Wildman–Crippen LogP) is 2.20. The Morgan fingerprint density at radius 3 is 2.44 bits per heavy atom. The van der Waals surface area contributed by atoms with Crippen molar-refractivity contribution in [2.45, 2.75) is 26.4 Å². The molecule has 7 heteroatoms. The zero-order chi connectivity index (χ0) is 18.8. The van der Waals surface area contributed by atoms with Gasteiger partial charge in [-0.3, -0.25) is 14.3 Å². The summed E-state index contributed by atoms with van der Waals surface area (Å²) < 4.78 is 4.59. The van der Waals surface area contributed by atoms with Gasteiger partial charge in [0.15, 0.2) is 11.2 Å². The van der Waals surface area contributed by atoms with Gasteiger partial charge in [-0.2, -0.15) is 0 Å². The Balaban J connectivity index is 2.04. The van der Waals surface area contributed by atoms with E-state index in [2.05, 4.69) is 9.97 Å². The molecule has 0 radical (unpaired) electrons. The van der Waals surface area contributed by atoms with Crippen LogP contribution in [0.15, 0.2) is 70.8 Å². The molecule has 0 saturated heterocycles. The molecule has 0 N–H and O–H groups in total. The van der Waals surface area contributed by atoms with E-state index in [4.69, 9.17) is 0 Å². The first-order chi connectivity index (χ1) is 13.2. The number of benzene rings is 1. The minimum absolute atomic E-state index is 0.181. The van der Waals surface area contributed by atoms with Gasteiger partial charge in [0.1, 0.15) is 0 Å². The van der Waals surface area contributed by atoms with Gasteiger partial charge < -0.3 is 4.57 Å². The summed E-state index contributed by atoms with van der Waals surface area (Å²) in [6, 6.07) is 12.9. The van der Waals surface area contributed by atoms with E-state index in [0.29, 0.717) is 23.4 Å². The second-order valence-electron chi connectivity index (χ2n) is 6.31. The smallest absolute Gasteiger partial charge is 0.325 e. The molecule has 4 rings (SSSR count). The molecule has 0 atom stereocenters. The van der Waals surface area contributed by atoms with Crippen LogP contribution in [0.1, 0.15) is 18.9 Å². The van der Waals surface area contributed by atoms with Crippen LogP contribution in [0.5, 0.6) is 0 Å². The van der Waals surface area contributed by atoms with Gasteiger partial charge in [0.25, 0.3) is 5.56 Å². The maximum Gasteiger partial charge on any atom is 0.337 e. The van der Waals surface area contributed by atoms with E-state index < -0.39 is 5.69 Å². The normalized spacial score (nSPS) is 11.1. The van der Waals surface area contributed by atoms with E-state index >= 15 is 0 Å². The number of nitrogens with zero attached hydrogens (tertiary/aromatic N) is 5. The highest BCUT2D eigenvalue weighted by Gasteiger charge is 2.19. The third kappa shape index (κ3) is 2.97. The first-order valence-corrected chi connectivity index (χ1v) is 8.85. The Bertz CT molecular complexity index is 1190. The van der Waals surface area contributed by atoms with Crippen LogP contribution in [0.3, 0.4) is 0 Å². The van der Waals surface area contributed by atoms with Crippen molar-refractivity contribution >= 4 is 11.2 Å². The zero-order valence-corrected chi connectivity index (χ0v) is 14.9. The van der Waals surface area contributed by atoms with Crippen molar-refractivity contribution in [1.82, 2.24) is 23.7 Å². The maximum absolute atomic E-state index is 13.2. The quantitative estimate of drug-likeness (QED) is 0.546. The molecule has 0 fully saturated rings. The minimum Gasteiger partial charge on any atom is -0.325 e. The monoisotopic (exact) mass is 361 g/mol. The van der Waals surface area contributed by atoms with Crippen LogP contribution in [0.4, 0.5) is 0 Å². The van der Waals surface area contributed by atoms with Crippen LogP contribution < -0.4 is 11.2 Å². The molecule has 0 bridgehead atoms. The summed E-state index contributed by atoms with van der Waals surface area (Å²) in [7, 11) is 0. The Labute approximate surface area is 155 Å². The van der Waals surface area contributed by atoms with E-state index in [1.165, 1.54) is 9.13 Å². The topological polar surface area (TPSA) is 74.7 Å². The fourth-order valence-corrected chi connectivity index (χ4v) is 3.21. The molecule has 0 saturated carbocycles. The van der Waals surface area contributed by atoms with Crippen molar-refractivity contribution in [2.24, 2.45) is 0 Å². The lowest BCUT2D eigenvalue weighted by molar-refractivity contribution is 0.662. The molecule has 1 aromatic carbocycles. The van der Waals surface area contributed by atoms with E-state index in [-0.39, 0.29) is 12.1 Å². The highest BCUT2D eigenvalue weighted by Crippen LogP contribution is 2.13. The number of imidazole rings is 1. The van der Waals surface area contributed by atoms with Gasteiger partial charge in [0, 0.05) is 18.9 Å².